The van der Waals surface area contributed by atoms with E-state index in [1.54, 1.807) is 10.9 Å². The average Bonchev–Trinajstić information content (AvgIpc) is 2.89. The molecule has 2 rings (SSSR count). The highest BCUT2D eigenvalue weighted by Gasteiger charge is 2.05. The second-order valence-corrected chi connectivity index (χ2v) is 5.05. The van der Waals surface area contributed by atoms with E-state index in [4.69, 9.17) is 0 Å². The second kappa shape index (κ2) is 7.59. The van der Waals surface area contributed by atoms with E-state index in [0.29, 0.717) is 12.8 Å². The summed E-state index contributed by atoms with van der Waals surface area (Å²) in [5, 5.41) is 10.3. The SMILES string of the molecule is CCNCc1cccc(NC(=O)CCc2cnn(C)c2)c1. The van der Waals surface area contributed by atoms with Crippen LogP contribution in [0.4, 0.5) is 5.69 Å². The summed E-state index contributed by atoms with van der Waals surface area (Å²) in [6, 6.07) is 7.93. The standard InChI is InChI=1S/C16H22N4O/c1-3-17-10-13-5-4-6-15(9-13)19-16(21)8-7-14-11-18-20(2)12-14/h4-6,9,11-12,17H,3,7-8,10H2,1-2H3,(H,19,21). The summed E-state index contributed by atoms with van der Waals surface area (Å²) < 4.78 is 1.75. The molecule has 1 aromatic heterocycles. The van der Waals surface area contributed by atoms with Crippen molar-refractivity contribution >= 4 is 11.6 Å². The second-order valence-electron chi connectivity index (χ2n) is 5.05. The molecule has 112 valence electrons. The van der Waals surface area contributed by atoms with Gasteiger partial charge in [0.05, 0.1) is 6.20 Å². The van der Waals surface area contributed by atoms with Crippen LogP contribution in [0.3, 0.4) is 0 Å². The van der Waals surface area contributed by atoms with Crippen LogP contribution in [0.1, 0.15) is 24.5 Å². The maximum atomic E-state index is 12.0. The van der Waals surface area contributed by atoms with Gasteiger partial charge in [-0.2, -0.15) is 5.10 Å². The quantitative estimate of drug-likeness (QED) is 0.819. The highest BCUT2D eigenvalue weighted by Crippen LogP contribution is 2.11. The molecule has 1 heterocycles. The Morgan fingerprint density at radius 3 is 2.90 bits per heavy atom. The van der Waals surface area contributed by atoms with E-state index in [1.807, 2.05) is 37.5 Å². The number of carbonyl (C=O) groups is 1. The van der Waals surface area contributed by atoms with E-state index < -0.39 is 0 Å². The topological polar surface area (TPSA) is 58.9 Å². The lowest BCUT2D eigenvalue weighted by atomic mass is 10.1. The lowest BCUT2D eigenvalue weighted by molar-refractivity contribution is -0.116. The van der Waals surface area contributed by atoms with Crippen molar-refractivity contribution < 1.29 is 4.79 Å². The molecule has 0 unspecified atom stereocenters. The Hall–Kier alpha value is -2.14. The van der Waals surface area contributed by atoms with Crippen LogP contribution >= 0.6 is 0 Å². The number of nitrogens with zero attached hydrogens (tertiary/aromatic N) is 2. The highest BCUT2D eigenvalue weighted by molar-refractivity contribution is 5.90. The van der Waals surface area contributed by atoms with Gasteiger partial charge in [-0.3, -0.25) is 9.48 Å². The third-order valence-corrected chi connectivity index (χ3v) is 3.19. The van der Waals surface area contributed by atoms with Crippen LogP contribution in [0.5, 0.6) is 0 Å². The third-order valence-electron chi connectivity index (χ3n) is 3.19. The first kappa shape index (κ1) is 15.3. The lowest BCUT2D eigenvalue weighted by Gasteiger charge is -2.07. The van der Waals surface area contributed by atoms with Crippen molar-refractivity contribution in [1.29, 1.82) is 0 Å². The molecule has 0 saturated carbocycles. The van der Waals surface area contributed by atoms with Gasteiger partial charge < -0.3 is 10.6 Å². The number of carbonyl (C=O) groups excluding carboxylic acids is 1. The van der Waals surface area contributed by atoms with E-state index >= 15 is 0 Å². The Bertz CT molecular complexity index is 591. The van der Waals surface area contributed by atoms with Crippen molar-refractivity contribution in [3.63, 3.8) is 0 Å². The van der Waals surface area contributed by atoms with E-state index in [9.17, 15) is 4.79 Å². The van der Waals surface area contributed by atoms with Gasteiger partial charge in [0.2, 0.25) is 5.91 Å². The zero-order valence-electron chi connectivity index (χ0n) is 12.6. The molecule has 21 heavy (non-hydrogen) atoms. The lowest BCUT2D eigenvalue weighted by Crippen LogP contribution is -2.14. The number of amides is 1. The van der Waals surface area contributed by atoms with Crippen LogP contribution in [0, 0.1) is 0 Å². The van der Waals surface area contributed by atoms with Crippen LogP contribution in [-0.2, 0) is 24.8 Å². The van der Waals surface area contributed by atoms with Gasteiger partial charge in [-0.25, -0.2) is 0 Å². The summed E-state index contributed by atoms with van der Waals surface area (Å²) in [6.45, 7) is 3.82. The first-order chi connectivity index (χ1) is 10.2. The number of aromatic nitrogens is 2. The monoisotopic (exact) mass is 286 g/mol. The largest absolute Gasteiger partial charge is 0.326 e. The summed E-state index contributed by atoms with van der Waals surface area (Å²) in [6.07, 6.45) is 4.90. The van der Waals surface area contributed by atoms with Gasteiger partial charge in [0.15, 0.2) is 0 Å². The fourth-order valence-electron chi connectivity index (χ4n) is 2.11. The summed E-state index contributed by atoms with van der Waals surface area (Å²) in [5.74, 6) is 0.0273. The molecule has 2 N–H and O–H groups in total. The number of hydrogen-bond acceptors (Lipinski definition) is 3. The molecule has 1 amide bonds. The molecule has 0 spiro atoms. The van der Waals surface area contributed by atoms with Crippen LogP contribution in [-0.4, -0.2) is 22.2 Å². The van der Waals surface area contributed by atoms with E-state index in [0.717, 1.165) is 24.3 Å². The van der Waals surface area contributed by atoms with Gasteiger partial charge in [-0.05, 0) is 36.2 Å². The van der Waals surface area contributed by atoms with Gasteiger partial charge in [-0.15, -0.1) is 0 Å². The molecule has 5 nitrogen and oxygen atoms in total. The van der Waals surface area contributed by atoms with Crippen LogP contribution < -0.4 is 10.6 Å². The van der Waals surface area contributed by atoms with Crippen molar-refractivity contribution in [2.75, 3.05) is 11.9 Å². The number of hydrogen-bond donors (Lipinski definition) is 2. The van der Waals surface area contributed by atoms with Gasteiger partial charge in [0.1, 0.15) is 0 Å². The molecule has 5 heteroatoms. The molecule has 1 aromatic carbocycles. The maximum Gasteiger partial charge on any atom is 0.224 e. The molecular formula is C16H22N4O. The summed E-state index contributed by atoms with van der Waals surface area (Å²) in [7, 11) is 1.87. The predicted molar refractivity (Wildman–Crippen MR) is 84.0 cm³/mol. The number of anilines is 1. The third kappa shape index (κ3) is 5.04. The minimum Gasteiger partial charge on any atom is -0.326 e. The van der Waals surface area contributed by atoms with Gasteiger partial charge >= 0.3 is 0 Å². The van der Waals surface area contributed by atoms with Crippen molar-refractivity contribution in [3.8, 4) is 0 Å². The van der Waals surface area contributed by atoms with Crippen molar-refractivity contribution in [2.45, 2.75) is 26.3 Å². The Balaban J connectivity index is 1.84. The average molecular weight is 286 g/mol. The summed E-state index contributed by atoms with van der Waals surface area (Å²) in [4.78, 5) is 12.0. The number of rotatable bonds is 7. The minimum absolute atomic E-state index is 0.0273. The van der Waals surface area contributed by atoms with Gasteiger partial charge in [-0.1, -0.05) is 19.1 Å². The Kier molecular flexibility index (Phi) is 5.51. The first-order valence-corrected chi connectivity index (χ1v) is 7.24. The normalized spacial score (nSPS) is 10.6. The first-order valence-electron chi connectivity index (χ1n) is 7.24. The maximum absolute atomic E-state index is 12.0. The van der Waals surface area contributed by atoms with E-state index in [2.05, 4.69) is 22.7 Å². The zero-order valence-corrected chi connectivity index (χ0v) is 12.6. The minimum atomic E-state index is 0.0273. The zero-order chi connectivity index (χ0) is 15.1. The van der Waals surface area contributed by atoms with Crippen LogP contribution in [0.15, 0.2) is 36.7 Å². The van der Waals surface area contributed by atoms with E-state index in [1.165, 1.54) is 5.56 Å². The van der Waals surface area contributed by atoms with Crippen LogP contribution in [0.2, 0.25) is 0 Å². The fraction of sp³-hybridized carbons (Fsp3) is 0.375. The van der Waals surface area contributed by atoms with Crippen molar-refractivity contribution in [3.05, 3.63) is 47.8 Å². The van der Waals surface area contributed by atoms with Crippen molar-refractivity contribution in [1.82, 2.24) is 15.1 Å². The number of benzene rings is 1. The highest BCUT2D eigenvalue weighted by atomic mass is 16.1. The predicted octanol–water partition coefficient (Wildman–Crippen LogP) is 2.10. The molecule has 0 saturated heterocycles. The number of nitrogens with one attached hydrogen (secondary N) is 2. The summed E-state index contributed by atoms with van der Waals surface area (Å²) >= 11 is 0. The molecule has 2 aromatic rings. The molecule has 0 aliphatic heterocycles. The van der Waals surface area contributed by atoms with Crippen LogP contribution in [0.25, 0.3) is 0 Å². The molecule has 0 aliphatic carbocycles. The Labute approximate surface area is 125 Å². The number of aryl methyl sites for hydroxylation is 2. The molecule has 0 radical (unpaired) electrons. The Morgan fingerprint density at radius 1 is 1.33 bits per heavy atom. The molecule has 0 bridgehead atoms. The molecule has 0 atom stereocenters. The summed E-state index contributed by atoms with van der Waals surface area (Å²) in [5.41, 5.74) is 3.09. The van der Waals surface area contributed by atoms with E-state index in [-0.39, 0.29) is 5.91 Å². The Morgan fingerprint density at radius 2 is 2.19 bits per heavy atom. The smallest absolute Gasteiger partial charge is 0.224 e. The molecule has 0 fully saturated rings. The van der Waals surface area contributed by atoms with Crippen molar-refractivity contribution in [2.24, 2.45) is 7.05 Å². The van der Waals surface area contributed by atoms with Gasteiger partial charge in [0.25, 0.3) is 0 Å². The fourth-order valence-corrected chi connectivity index (χ4v) is 2.11. The molecule has 0 aliphatic rings. The van der Waals surface area contributed by atoms with Gasteiger partial charge in [0, 0.05) is 31.9 Å². The molecular weight excluding hydrogens is 264 g/mol.